The van der Waals surface area contributed by atoms with E-state index in [-0.39, 0.29) is 11.8 Å². The van der Waals surface area contributed by atoms with Crippen molar-refractivity contribution < 1.29 is 13.2 Å². The summed E-state index contributed by atoms with van der Waals surface area (Å²) in [6, 6.07) is 10.1. The summed E-state index contributed by atoms with van der Waals surface area (Å²) in [5, 5.41) is 6.10. The van der Waals surface area contributed by atoms with Gasteiger partial charge in [0.2, 0.25) is 10.0 Å². The second kappa shape index (κ2) is 10.0. The Morgan fingerprint density at radius 1 is 1.15 bits per heavy atom. The predicted octanol–water partition coefficient (Wildman–Crippen LogP) is 3.79. The third kappa shape index (κ3) is 5.19. The average molecular weight is 483 g/mol. The van der Waals surface area contributed by atoms with E-state index in [1.54, 1.807) is 6.20 Å². The Hall–Kier alpha value is -3.08. The number of anilines is 1. The van der Waals surface area contributed by atoms with Crippen molar-refractivity contribution in [2.45, 2.75) is 45.8 Å². The molecule has 0 amide bonds. The molecule has 4 aromatic rings. The largest absolute Gasteiger partial charge is 0.382 e. The van der Waals surface area contributed by atoms with E-state index in [2.05, 4.69) is 21.5 Å². The minimum Gasteiger partial charge on any atom is -0.382 e. The van der Waals surface area contributed by atoms with E-state index in [9.17, 15) is 8.42 Å². The molecule has 0 radical (unpaired) electrons. The average Bonchev–Trinajstić information content (AvgIpc) is 3.20. The van der Waals surface area contributed by atoms with Gasteiger partial charge in [0.05, 0.1) is 16.8 Å². The van der Waals surface area contributed by atoms with E-state index >= 15 is 0 Å². The molecule has 1 unspecified atom stereocenters. The summed E-state index contributed by atoms with van der Waals surface area (Å²) < 4.78 is 30.4. The van der Waals surface area contributed by atoms with Gasteiger partial charge in [-0.25, -0.2) is 23.5 Å². The number of hydrogen-bond acceptors (Lipinski definition) is 7. The van der Waals surface area contributed by atoms with Crippen molar-refractivity contribution in [3.63, 3.8) is 0 Å². The second-order valence-electron chi connectivity index (χ2n) is 8.41. The molecule has 34 heavy (non-hydrogen) atoms. The molecule has 0 spiro atoms. The van der Waals surface area contributed by atoms with Crippen LogP contribution in [0, 0.1) is 0 Å². The molecule has 0 saturated carbocycles. The summed E-state index contributed by atoms with van der Waals surface area (Å²) in [7, 11) is -3.46. The SMILES string of the molecule is CCOCc1nc2c(N)nc3cc(-c4cccnc4)ccc3c2n1C(C)CCCCS(N)(=O)=O. The van der Waals surface area contributed by atoms with Crippen LogP contribution >= 0.6 is 0 Å². The zero-order chi connectivity index (χ0) is 24.3. The number of ether oxygens (including phenoxy) is 1. The number of unbranched alkanes of at least 4 members (excludes halogenated alkanes) is 1. The number of hydrogen-bond donors (Lipinski definition) is 2. The first-order valence-corrected chi connectivity index (χ1v) is 13.1. The summed E-state index contributed by atoms with van der Waals surface area (Å²) >= 11 is 0. The summed E-state index contributed by atoms with van der Waals surface area (Å²) in [5.74, 6) is 1.12. The van der Waals surface area contributed by atoms with Crippen molar-refractivity contribution in [2.24, 2.45) is 5.14 Å². The Morgan fingerprint density at radius 2 is 1.97 bits per heavy atom. The van der Waals surface area contributed by atoms with Gasteiger partial charge < -0.3 is 15.0 Å². The van der Waals surface area contributed by atoms with Crippen LogP contribution in [0.4, 0.5) is 5.82 Å². The number of pyridine rings is 2. The molecule has 0 aliphatic carbocycles. The lowest BCUT2D eigenvalue weighted by Gasteiger charge is -2.19. The molecule has 9 nitrogen and oxygen atoms in total. The van der Waals surface area contributed by atoms with Gasteiger partial charge in [-0.2, -0.15) is 0 Å². The van der Waals surface area contributed by atoms with Crippen LogP contribution in [0.1, 0.15) is 45.0 Å². The smallest absolute Gasteiger partial charge is 0.209 e. The molecule has 4 N–H and O–H groups in total. The van der Waals surface area contributed by atoms with E-state index in [4.69, 9.17) is 20.6 Å². The van der Waals surface area contributed by atoms with Crippen LogP contribution in [0.15, 0.2) is 42.7 Å². The maximum Gasteiger partial charge on any atom is 0.209 e. The fourth-order valence-corrected chi connectivity index (χ4v) is 4.88. The lowest BCUT2D eigenvalue weighted by molar-refractivity contribution is 0.124. The van der Waals surface area contributed by atoms with Crippen LogP contribution in [0.5, 0.6) is 0 Å². The van der Waals surface area contributed by atoms with Crippen LogP contribution in [-0.4, -0.2) is 40.3 Å². The Labute approximate surface area is 199 Å². The number of aromatic nitrogens is 4. The predicted molar refractivity (Wildman–Crippen MR) is 135 cm³/mol. The molecule has 4 rings (SSSR count). The van der Waals surface area contributed by atoms with Gasteiger partial charge in [0.1, 0.15) is 17.9 Å². The molecule has 3 heterocycles. The monoisotopic (exact) mass is 482 g/mol. The lowest BCUT2D eigenvalue weighted by Crippen LogP contribution is -2.17. The van der Waals surface area contributed by atoms with E-state index in [0.29, 0.717) is 31.0 Å². The van der Waals surface area contributed by atoms with Crippen molar-refractivity contribution in [3.8, 4) is 11.1 Å². The maximum absolute atomic E-state index is 11.3. The van der Waals surface area contributed by atoms with E-state index in [1.165, 1.54) is 0 Å². The summed E-state index contributed by atoms with van der Waals surface area (Å²) in [6.45, 7) is 4.95. The standard InChI is InChI=1S/C24H30N6O3S/c1-3-33-15-21-29-22-23(30(21)16(2)7-4-5-12-34(26,31)32)19-10-9-17(13-20(19)28-24(22)25)18-8-6-11-27-14-18/h6,8-11,13-14,16H,3-5,7,12,15H2,1-2H3,(H2,25,28)(H2,26,31,32). The molecule has 0 aliphatic heterocycles. The van der Waals surface area contributed by atoms with E-state index < -0.39 is 10.0 Å². The Balaban J connectivity index is 1.79. The Kier molecular flexibility index (Phi) is 7.11. The van der Waals surface area contributed by atoms with Crippen LogP contribution in [0.3, 0.4) is 0 Å². The number of fused-ring (bicyclic) bond motifs is 3. The zero-order valence-corrected chi connectivity index (χ0v) is 20.3. The van der Waals surface area contributed by atoms with Crippen molar-refractivity contribution >= 4 is 37.8 Å². The van der Waals surface area contributed by atoms with Crippen LogP contribution in [0.25, 0.3) is 33.1 Å². The molecule has 0 saturated heterocycles. The normalized spacial score (nSPS) is 13.0. The minimum atomic E-state index is -3.46. The Morgan fingerprint density at radius 3 is 2.68 bits per heavy atom. The number of nitrogen functional groups attached to an aromatic ring is 1. The highest BCUT2D eigenvalue weighted by Gasteiger charge is 2.21. The van der Waals surface area contributed by atoms with Crippen molar-refractivity contribution in [2.75, 3.05) is 18.1 Å². The van der Waals surface area contributed by atoms with E-state index in [1.807, 2.05) is 43.5 Å². The topological polar surface area (TPSA) is 139 Å². The van der Waals surface area contributed by atoms with Crippen molar-refractivity contribution in [1.29, 1.82) is 0 Å². The van der Waals surface area contributed by atoms with Gasteiger partial charge in [0.25, 0.3) is 0 Å². The highest BCUT2D eigenvalue weighted by atomic mass is 32.2. The molecule has 1 atom stereocenters. The molecule has 180 valence electrons. The van der Waals surface area contributed by atoms with Crippen LogP contribution < -0.4 is 10.9 Å². The third-order valence-corrected chi connectivity index (χ3v) is 6.75. The number of benzene rings is 1. The molecular formula is C24H30N6O3S. The van der Waals surface area contributed by atoms with Crippen LogP contribution in [0.2, 0.25) is 0 Å². The zero-order valence-electron chi connectivity index (χ0n) is 19.4. The quantitative estimate of drug-likeness (QED) is 0.328. The fourth-order valence-electron chi connectivity index (χ4n) is 4.28. The van der Waals surface area contributed by atoms with Gasteiger partial charge in [0, 0.05) is 36.0 Å². The van der Waals surface area contributed by atoms with Crippen molar-refractivity contribution in [3.05, 3.63) is 48.5 Å². The maximum atomic E-state index is 11.3. The molecular weight excluding hydrogens is 452 g/mol. The molecule has 10 heteroatoms. The molecule has 1 aromatic carbocycles. The highest BCUT2D eigenvalue weighted by molar-refractivity contribution is 7.89. The molecule has 0 bridgehead atoms. The number of nitrogens with zero attached hydrogens (tertiary/aromatic N) is 4. The second-order valence-corrected chi connectivity index (χ2v) is 10.1. The molecule has 3 aromatic heterocycles. The van der Waals surface area contributed by atoms with Gasteiger partial charge in [-0.05, 0) is 44.4 Å². The van der Waals surface area contributed by atoms with Gasteiger partial charge in [-0.15, -0.1) is 0 Å². The molecule has 0 fully saturated rings. The van der Waals surface area contributed by atoms with E-state index in [0.717, 1.165) is 46.2 Å². The number of primary sulfonamides is 1. The number of sulfonamides is 1. The first-order valence-electron chi connectivity index (χ1n) is 11.4. The first kappa shape index (κ1) is 24.1. The summed E-state index contributed by atoms with van der Waals surface area (Å²) in [4.78, 5) is 13.7. The van der Waals surface area contributed by atoms with Gasteiger partial charge in [-0.1, -0.05) is 24.6 Å². The first-order chi connectivity index (χ1) is 16.3. The lowest BCUT2D eigenvalue weighted by atomic mass is 10.0. The van der Waals surface area contributed by atoms with Crippen molar-refractivity contribution in [1.82, 2.24) is 19.5 Å². The van der Waals surface area contributed by atoms with Gasteiger partial charge in [-0.3, -0.25) is 4.98 Å². The fraction of sp³-hybridized carbons (Fsp3) is 0.375. The van der Waals surface area contributed by atoms with Crippen LogP contribution in [-0.2, 0) is 21.4 Å². The molecule has 0 aliphatic rings. The number of nitrogens with two attached hydrogens (primary N) is 2. The summed E-state index contributed by atoms with van der Waals surface area (Å²) in [6.07, 6.45) is 5.55. The summed E-state index contributed by atoms with van der Waals surface area (Å²) in [5.41, 5.74) is 10.7. The van der Waals surface area contributed by atoms with Gasteiger partial charge >= 0.3 is 0 Å². The van der Waals surface area contributed by atoms with Gasteiger partial charge in [0.15, 0.2) is 5.82 Å². The Bertz CT molecular complexity index is 1400. The minimum absolute atomic E-state index is 0.0207. The third-order valence-electron chi connectivity index (χ3n) is 5.89. The highest BCUT2D eigenvalue weighted by Crippen LogP contribution is 2.34. The number of rotatable bonds is 10. The number of imidazole rings is 1.